The quantitative estimate of drug-likeness (QED) is 0.129. The average molecular weight is 592 g/mol. The Labute approximate surface area is 263 Å². The SMILES string of the molecule is CN(C)c1ccc(/C=C(\NC(=O)c2ccccc2)C(=O)Nc2ccc(C(=O)/C=C/c3ccc(-c4ccccc4)cc3)cc2)cc1. The number of anilines is 2. The molecule has 0 unspecified atom stereocenters. The second-order valence-corrected chi connectivity index (χ2v) is 10.6. The molecule has 0 aromatic heterocycles. The fraction of sp³-hybridized carbons (Fsp3) is 0.0513. The maximum atomic E-state index is 13.4. The van der Waals surface area contributed by atoms with Crippen LogP contribution in [0.3, 0.4) is 0 Å². The fourth-order valence-electron chi connectivity index (χ4n) is 4.58. The van der Waals surface area contributed by atoms with Crippen LogP contribution < -0.4 is 15.5 Å². The summed E-state index contributed by atoms with van der Waals surface area (Å²) >= 11 is 0. The van der Waals surface area contributed by atoms with Crippen molar-refractivity contribution in [1.82, 2.24) is 5.32 Å². The predicted octanol–water partition coefficient (Wildman–Crippen LogP) is 7.73. The van der Waals surface area contributed by atoms with Crippen LogP contribution in [0.25, 0.3) is 23.3 Å². The normalized spacial score (nSPS) is 11.2. The highest BCUT2D eigenvalue weighted by Crippen LogP contribution is 2.20. The second kappa shape index (κ2) is 14.4. The Hall–Kier alpha value is -6.01. The highest BCUT2D eigenvalue weighted by molar-refractivity contribution is 6.11. The molecule has 0 aliphatic carbocycles. The van der Waals surface area contributed by atoms with Gasteiger partial charge in [0, 0.05) is 36.6 Å². The Morgan fingerprint density at radius 2 is 1.18 bits per heavy atom. The lowest BCUT2D eigenvalue weighted by Crippen LogP contribution is -2.30. The summed E-state index contributed by atoms with van der Waals surface area (Å²) in [4.78, 5) is 41.1. The summed E-state index contributed by atoms with van der Waals surface area (Å²) in [5.74, 6) is -1.05. The van der Waals surface area contributed by atoms with E-state index in [0.717, 1.165) is 27.9 Å². The number of hydrogen-bond donors (Lipinski definition) is 2. The van der Waals surface area contributed by atoms with Crippen molar-refractivity contribution in [2.75, 3.05) is 24.3 Å². The third kappa shape index (κ3) is 8.30. The molecular weight excluding hydrogens is 558 g/mol. The Morgan fingerprint density at radius 3 is 1.80 bits per heavy atom. The van der Waals surface area contributed by atoms with Crippen molar-refractivity contribution in [2.45, 2.75) is 0 Å². The number of ketones is 1. The Bertz CT molecular complexity index is 1820. The lowest BCUT2D eigenvalue weighted by Gasteiger charge is -2.13. The lowest BCUT2D eigenvalue weighted by molar-refractivity contribution is -0.113. The van der Waals surface area contributed by atoms with Gasteiger partial charge in [-0.2, -0.15) is 0 Å². The van der Waals surface area contributed by atoms with Crippen LogP contribution in [0.4, 0.5) is 11.4 Å². The van der Waals surface area contributed by atoms with Gasteiger partial charge in [-0.1, -0.05) is 91.0 Å². The van der Waals surface area contributed by atoms with Gasteiger partial charge in [-0.05, 0) is 82.9 Å². The van der Waals surface area contributed by atoms with Gasteiger partial charge in [-0.3, -0.25) is 14.4 Å². The summed E-state index contributed by atoms with van der Waals surface area (Å²) in [7, 11) is 3.90. The largest absolute Gasteiger partial charge is 0.378 e. The molecular formula is C39H33N3O3. The fourth-order valence-corrected chi connectivity index (χ4v) is 4.58. The highest BCUT2D eigenvalue weighted by Gasteiger charge is 2.15. The van der Waals surface area contributed by atoms with Crippen molar-refractivity contribution < 1.29 is 14.4 Å². The average Bonchev–Trinajstić information content (AvgIpc) is 3.08. The van der Waals surface area contributed by atoms with E-state index in [1.54, 1.807) is 60.7 Å². The summed E-state index contributed by atoms with van der Waals surface area (Å²) in [5, 5.41) is 5.58. The number of amides is 2. The molecule has 5 aromatic rings. The van der Waals surface area contributed by atoms with Crippen LogP contribution >= 0.6 is 0 Å². The van der Waals surface area contributed by atoms with E-state index in [1.165, 1.54) is 6.08 Å². The van der Waals surface area contributed by atoms with Gasteiger partial charge in [0.2, 0.25) is 0 Å². The topological polar surface area (TPSA) is 78.5 Å². The summed E-state index contributed by atoms with van der Waals surface area (Å²) in [6, 6.07) is 41.1. The van der Waals surface area contributed by atoms with Crippen LogP contribution in [0.2, 0.25) is 0 Å². The molecule has 0 atom stereocenters. The maximum Gasteiger partial charge on any atom is 0.272 e. The number of rotatable bonds is 10. The molecule has 45 heavy (non-hydrogen) atoms. The lowest BCUT2D eigenvalue weighted by atomic mass is 10.0. The smallest absolute Gasteiger partial charge is 0.272 e. The number of nitrogens with zero attached hydrogens (tertiary/aromatic N) is 1. The first kappa shape index (κ1) is 30.4. The van der Waals surface area contributed by atoms with E-state index in [-0.39, 0.29) is 11.5 Å². The van der Waals surface area contributed by atoms with Crippen LogP contribution in [0.5, 0.6) is 0 Å². The van der Waals surface area contributed by atoms with E-state index >= 15 is 0 Å². The highest BCUT2D eigenvalue weighted by atomic mass is 16.2. The Kier molecular flexibility index (Phi) is 9.77. The van der Waals surface area contributed by atoms with Gasteiger partial charge in [0.1, 0.15) is 5.70 Å². The van der Waals surface area contributed by atoms with Gasteiger partial charge in [0.25, 0.3) is 11.8 Å². The molecule has 6 heteroatoms. The minimum atomic E-state index is -0.492. The molecule has 0 bridgehead atoms. The Morgan fingerprint density at radius 1 is 0.600 bits per heavy atom. The van der Waals surface area contributed by atoms with E-state index in [0.29, 0.717) is 16.8 Å². The summed E-state index contributed by atoms with van der Waals surface area (Å²) < 4.78 is 0. The van der Waals surface area contributed by atoms with Crippen molar-refractivity contribution in [2.24, 2.45) is 0 Å². The molecule has 2 amide bonds. The third-order valence-electron chi connectivity index (χ3n) is 7.12. The minimum Gasteiger partial charge on any atom is -0.378 e. The zero-order valence-electron chi connectivity index (χ0n) is 25.1. The molecule has 0 spiro atoms. The van der Waals surface area contributed by atoms with Gasteiger partial charge in [0.05, 0.1) is 0 Å². The zero-order valence-corrected chi connectivity index (χ0v) is 25.1. The molecule has 0 saturated heterocycles. The third-order valence-corrected chi connectivity index (χ3v) is 7.12. The standard InChI is InChI=1S/C39H33N3O3/c1-42(2)35-24-15-29(16-25-35)27-36(41-38(44)33-11-7-4-8-12-33)39(45)40-34-22-20-32(21-23-34)37(43)26-17-28-13-18-31(19-14-28)30-9-5-3-6-10-30/h3-27H,1-2H3,(H,40,45)(H,41,44)/b26-17+,36-27-. The number of carbonyl (C=O) groups is 3. The van der Waals surface area contributed by atoms with E-state index in [2.05, 4.69) is 22.8 Å². The van der Waals surface area contributed by atoms with Crippen LogP contribution in [-0.4, -0.2) is 31.7 Å². The molecule has 0 fully saturated rings. The van der Waals surface area contributed by atoms with Crippen LogP contribution in [0.15, 0.2) is 145 Å². The summed E-state index contributed by atoms with van der Waals surface area (Å²) in [6.07, 6.45) is 4.95. The first-order valence-electron chi connectivity index (χ1n) is 14.5. The predicted molar refractivity (Wildman–Crippen MR) is 183 cm³/mol. The van der Waals surface area contributed by atoms with Crippen molar-refractivity contribution in [3.63, 3.8) is 0 Å². The van der Waals surface area contributed by atoms with Crippen molar-refractivity contribution >= 4 is 41.1 Å². The van der Waals surface area contributed by atoms with Crippen LogP contribution in [-0.2, 0) is 4.79 Å². The van der Waals surface area contributed by atoms with Gasteiger partial charge in [-0.25, -0.2) is 0 Å². The van der Waals surface area contributed by atoms with Crippen molar-refractivity contribution in [3.05, 3.63) is 167 Å². The Balaban J connectivity index is 1.27. The molecule has 0 aliphatic rings. The van der Waals surface area contributed by atoms with E-state index in [1.807, 2.05) is 91.8 Å². The molecule has 6 nitrogen and oxygen atoms in total. The number of nitrogens with one attached hydrogen (secondary N) is 2. The summed E-state index contributed by atoms with van der Waals surface area (Å²) in [6.45, 7) is 0. The van der Waals surface area contributed by atoms with Gasteiger partial charge >= 0.3 is 0 Å². The van der Waals surface area contributed by atoms with Crippen LogP contribution in [0, 0.1) is 0 Å². The first-order valence-corrected chi connectivity index (χ1v) is 14.5. The van der Waals surface area contributed by atoms with Gasteiger partial charge < -0.3 is 15.5 Å². The number of carbonyl (C=O) groups excluding carboxylic acids is 3. The van der Waals surface area contributed by atoms with E-state index in [9.17, 15) is 14.4 Å². The van der Waals surface area contributed by atoms with Crippen molar-refractivity contribution in [3.8, 4) is 11.1 Å². The molecule has 0 radical (unpaired) electrons. The molecule has 5 rings (SSSR count). The number of allylic oxidation sites excluding steroid dienone is 1. The molecule has 2 N–H and O–H groups in total. The molecule has 0 heterocycles. The number of hydrogen-bond acceptors (Lipinski definition) is 4. The van der Waals surface area contributed by atoms with Crippen LogP contribution in [0.1, 0.15) is 31.8 Å². The monoisotopic (exact) mass is 591 g/mol. The first-order chi connectivity index (χ1) is 21.9. The second-order valence-electron chi connectivity index (χ2n) is 10.6. The number of benzene rings is 5. The van der Waals surface area contributed by atoms with E-state index < -0.39 is 11.8 Å². The molecule has 0 saturated carbocycles. The zero-order chi connectivity index (χ0) is 31.6. The molecule has 222 valence electrons. The van der Waals surface area contributed by atoms with E-state index in [4.69, 9.17) is 0 Å². The molecule has 5 aromatic carbocycles. The van der Waals surface area contributed by atoms with Gasteiger partial charge in [0.15, 0.2) is 5.78 Å². The van der Waals surface area contributed by atoms with Crippen molar-refractivity contribution in [1.29, 1.82) is 0 Å². The summed E-state index contributed by atoms with van der Waals surface area (Å²) in [5.41, 5.74) is 6.41. The van der Waals surface area contributed by atoms with Gasteiger partial charge in [-0.15, -0.1) is 0 Å². The maximum absolute atomic E-state index is 13.4. The minimum absolute atomic E-state index is 0.0859. The molecule has 0 aliphatic heterocycles.